The topological polar surface area (TPSA) is 65.1 Å². The van der Waals surface area contributed by atoms with Crippen molar-refractivity contribution in [2.75, 3.05) is 7.11 Å². The van der Waals surface area contributed by atoms with Gasteiger partial charge in [0.15, 0.2) is 0 Å². The van der Waals surface area contributed by atoms with Crippen LogP contribution >= 0.6 is 0 Å². The zero-order chi connectivity index (χ0) is 13.8. The van der Waals surface area contributed by atoms with Crippen LogP contribution in [0.2, 0.25) is 0 Å². The Morgan fingerprint density at radius 2 is 2.32 bits per heavy atom. The quantitative estimate of drug-likeness (QED) is 0.631. The van der Waals surface area contributed by atoms with Gasteiger partial charge in [0.05, 0.1) is 19.3 Å². The van der Waals surface area contributed by atoms with E-state index in [0.717, 1.165) is 5.56 Å². The van der Waals surface area contributed by atoms with Crippen molar-refractivity contribution < 1.29 is 9.13 Å². The highest BCUT2D eigenvalue weighted by molar-refractivity contribution is 5.38. The maximum absolute atomic E-state index is 14.0. The van der Waals surface area contributed by atoms with Crippen molar-refractivity contribution in [2.24, 2.45) is 12.9 Å². The van der Waals surface area contributed by atoms with Gasteiger partial charge in [-0.25, -0.2) is 4.39 Å². The van der Waals surface area contributed by atoms with Crippen molar-refractivity contribution in [3.63, 3.8) is 0 Å². The van der Waals surface area contributed by atoms with Crippen LogP contribution in [-0.2, 0) is 13.5 Å². The van der Waals surface area contributed by atoms with Crippen LogP contribution in [0.25, 0.3) is 0 Å². The molecule has 0 radical (unpaired) electrons. The lowest BCUT2D eigenvalue weighted by molar-refractivity contribution is 0.390. The highest BCUT2D eigenvalue weighted by atomic mass is 19.1. The highest BCUT2D eigenvalue weighted by Gasteiger charge is 2.20. The Balaban J connectivity index is 2.31. The van der Waals surface area contributed by atoms with E-state index in [2.05, 4.69) is 10.5 Å². The predicted octanol–water partition coefficient (Wildman–Crippen LogP) is 1.31. The van der Waals surface area contributed by atoms with Crippen LogP contribution in [0.4, 0.5) is 4.39 Å². The SMILES string of the molecule is COc1cccc(F)c1C(Cc1cnn(C)c1)NN. The molecule has 1 heterocycles. The summed E-state index contributed by atoms with van der Waals surface area (Å²) in [6.45, 7) is 0. The zero-order valence-corrected chi connectivity index (χ0v) is 10.9. The molecule has 3 N–H and O–H groups in total. The molecule has 1 unspecified atom stereocenters. The standard InChI is InChI=1S/C13H17FN4O/c1-18-8-9(7-16-18)6-11(17-15)13-10(14)4-3-5-12(13)19-2/h3-5,7-8,11,17H,6,15H2,1-2H3. The van der Waals surface area contributed by atoms with Gasteiger partial charge in [0.25, 0.3) is 0 Å². The summed E-state index contributed by atoms with van der Waals surface area (Å²) in [6, 6.07) is 4.34. The maximum Gasteiger partial charge on any atom is 0.131 e. The van der Waals surface area contributed by atoms with Gasteiger partial charge in [-0.3, -0.25) is 16.0 Å². The van der Waals surface area contributed by atoms with E-state index in [4.69, 9.17) is 10.6 Å². The molecule has 2 rings (SSSR count). The lowest BCUT2D eigenvalue weighted by Crippen LogP contribution is -2.30. The molecule has 0 saturated heterocycles. The first-order valence-electron chi connectivity index (χ1n) is 5.91. The van der Waals surface area contributed by atoms with E-state index in [1.54, 1.807) is 23.0 Å². The molecule has 0 amide bonds. The molecule has 0 spiro atoms. The third-order valence-electron chi connectivity index (χ3n) is 2.98. The van der Waals surface area contributed by atoms with E-state index in [1.807, 2.05) is 13.2 Å². The van der Waals surface area contributed by atoms with Crippen molar-refractivity contribution >= 4 is 0 Å². The van der Waals surface area contributed by atoms with Crippen molar-refractivity contribution in [2.45, 2.75) is 12.5 Å². The number of hydrazine groups is 1. The Hall–Kier alpha value is -1.92. The van der Waals surface area contributed by atoms with Gasteiger partial charge in [-0.15, -0.1) is 0 Å². The van der Waals surface area contributed by atoms with E-state index in [1.165, 1.54) is 13.2 Å². The summed E-state index contributed by atoms with van der Waals surface area (Å²) in [5.41, 5.74) is 4.03. The van der Waals surface area contributed by atoms with E-state index >= 15 is 0 Å². The van der Waals surface area contributed by atoms with Crippen LogP contribution in [0.1, 0.15) is 17.2 Å². The first-order valence-corrected chi connectivity index (χ1v) is 5.91. The first-order chi connectivity index (χ1) is 9.15. The molecule has 2 aromatic rings. The van der Waals surface area contributed by atoms with E-state index in [9.17, 15) is 4.39 Å². The molecule has 0 aliphatic heterocycles. The van der Waals surface area contributed by atoms with Crippen LogP contribution in [0.15, 0.2) is 30.6 Å². The molecule has 0 aliphatic carbocycles. The third-order valence-corrected chi connectivity index (χ3v) is 2.98. The number of aromatic nitrogens is 2. The minimum absolute atomic E-state index is 0.341. The molecule has 1 aromatic carbocycles. The summed E-state index contributed by atoms with van der Waals surface area (Å²) in [4.78, 5) is 0. The van der Waals surface area contributed by atoms with Gasteiger partial charge in [0.1, 0.15) is 11.6 Å². The molecule has 19 heavy (non-hydrogen) atoms. The summed E-state index contributed by atoms with van der Waals surface area (Å²) >= 11 is 0. The molecule has 1 aromatic heterocycles. The van der Waals surface area contributed by atoms with Gasteiger partial charge < -0.3 is 4.74 Å². The van der Waals surface area contributed by atoms with Crippen LogP contribution in [0, 0.1) is 5.82 Å². The number of halogens is 1. The molecule has 0 saturated carbocycles. The van der Waals surface area contributed by atoms with Crippen LogP contribution in [0.5, 0.6) is 5.75 Å². The Bertz CT molecular complexity index is 555. The number of benzene rings is 1. The minimum atomic E-state index is -0.375. The molecule has 102 valence electrons. The van der Waals surface area contributed by atoms with Gasteiger partial charge in [-0.1, -0.05) is 6.07 Å². The van der Waals surface area contributed by atoms with Crippen LogP contribution in [0.3, 0.4) is 0 Å². The Labute approximate surface area is 111 Å². The molecule has 5 nitrogen and oxygen atoms in total. The number of hydrogen-bond acceptors (Lipinski definition) is 4. The lowest BCUT2D eigenvalue weighted by Gasteiger charge is -2.19. The number of nitrogens with one attached hydrogen (secondary N) is 1. The summed E-state index contributed by atoms with van der Waals surface area (Å²) in [5.74, 6) is 5.69. The maximum atomic E-state index is 14.0. The van der Waals surface area contributed by atoms with Crippen molar-refractivity contribution in [3.05, 3.63) is 47.5 Å². The van der Waals surface area contributed by atoms with E-state index in [0.29, 0.717) is 17.7 Å². The number of methoxy groups -OCH3 is 1. The number of nitrogens with two attached hydrogens (primary N) is 1. The smallest absolute Gasteiger partial charge is 0.131 e. The normalized spacial score (nSPS) is 12.4. The number of aryl methyl sites for hydroxylation is 1. The predicted molar refractivity (Wildman–Crippen MR) is 69.9 cm³/mol. The number of ether oxygens (including phenoxy) is 1. The third kappa shape index (κ3) is 2.91. The average Bonchev–Trinajstić information content (AvgIpc) is 2.81. The Kier molecular flexibility index (Phi) is 4.13. The second kappa shape index (κ2) is 5.81. The summed E-state index contributed by atoms with van der Waals surface area (Å²) in [7, 11) is 3.34. The van der Waals surface area contributed by atoms with Crippen LogP contribution in [-0.4, -0.2) is 16.9 Å². The number of rotatable bonds is 5. The van der Waals surface area contributed by atoms with Crippen molar-refractivity contribution in [1.29, 1.82) is 0 Å². The molecular formula is C13H17FN4O. The Morgan fingerprint density at radius 1 is 1.53 bits per heavy atom. The number of nitrogens with zero attached hydrogens (tertiary/aromatic N) is 2. The first kappa shape index (κ1) is 13.5. The van der Waals surface area contributed by atoms with Crippen molar-refractivity contribution in [3.8, 4) is 5.75 Å². The second-order valence-electron chi connectivity index (χ2n) is 4.30. The van der Waals surface area contributed by atoms with Gasteiger partial charge in [0.2, 0.25) is 0 Å². The van der Waals surface area contributed by atoms with E-state index in [-0.39, 0.29) is 11.9 Å². The Morgan fingerprint density at radius 3 is 2.89 bits per heavy atom. The van der Waals surface area contributed by atoms with Gasteiger partial charge in [-0.2, -0.15) is 5.10 Å². The molecular weight excluding hydrogens is 247 g/mol. The summed E-state index contributed by atoms with van der Waals surface area (Å²) in [6.07, 6.45) is 4.14. The van der Waals surface area contributed by atoms with Gasteiger partial charge in [-0.05, 0) is 24.1 Å². The molecule has 0 fully saturated rings. The average molecular weight is 264 g/mol. The molecule has 0 aliphatic rings. The summed E-state index contributed by atoms with van der Waals surface area (Å²) < 4.78 is 20.9. The minimum Gasteiger partial charge on any atom is -0.496 e. The largest absolute Gasteiger partial charge is 0.496 e. The fraction of sp³-hybridized carbons (Fsp3) is 0.308. The zero-order valence-electron chi connectivity index (χ0n) is 10.9. The highest BCUT2D eigenvalue weighted by Crippen LogP contribution is 2.29. The monoisotopic (exact) mass is 264 g/mol. The summed E-state index contributed by atoms with van der Waals surface area (Å²) in [5, 5.41) is 4.09. The number of hydrogen-bond donors (Lipinski definition) is 2. The van der Waals surface area contributed by atoms with Crippen molar-refractivity contribution in [1.82, 2.24) is 15.2 Å². The van der Waals surface area contributed by atoms with Gasteiger partial charge >= 0.3 is 0 Å². The fourth-order valence-electron chi connectivity index (χ4n) is 2.09. The lowest BCUT2D eigenvalue weighted by atomic mass is 9.99. The molecule has 6 heteroatoms. The van der Waals surface area contributed by atoms with Crippen LogP contribution < -0.4 is 16.0 Å². The fourth-order valence-corrected chi connectivity index (χ4v) is 2.09. The molecule has 1 atom stereocenters. The molecule has 0 bridgehead atoms. The van der Waals surface area contributed by atoms with E-state index < -0.39 is 0 Å². The van der Waals surface area contributed by atoms with Gasteiger partial charge in [0, 0.05) is 18.8 Å². The second-order valence-corrected chi connectivity index (χ2v) is 4.30.